The maximum Gasteiger partial charge on any atom is 0.185 e. The van der Waals surface area contributed by atoms with Gasteiger partial charge in [-0.2, -0.15) is 5.10 Å². The lowest BCUT2D eigenvalue weighted by Crippen LogP contribution is -2.15. The van der Waals surface area contributed by atoms with Crippen molar-refractivity contribution in [3.8, 4) is 5.75 Å². The van der Waals surface area contributed by atoms with Crippen molar-refractivity contribution in [3.63, 3.8) is 0 Å². The van der Waals surface area contributed by atoms with Gasteiger partial charge in [0.25, 0.3) is 0 Å². The van der Waals surface area contributed by atoms with Gasteiger partial charge in [-0.3, -0.25) is 9.48 Å². The number of Topliss-reactive ketones (excluding diaryl/α,β-unsaturated/α-hetero) is 1. The summed E-state index contributed by atoms with van der Waals surface area (Å²) in [4.78, 5) is 12.2. The highest BCUT2D eigenvalue weighted by molar-refractivity contribution is 6.33. The molecule has 1 heterocycles. The minimum absolute atomic E-state index is 0.0582. The van der Waals surface area contributed by atoms with E-state index in [0.717, 1.165) is 5.75 Å². The van der Waals surface area contributed by atoms with Crippen molar-refractivity contribution in [2.24, 2.45) is 0 Å². The van der Waals surface area contributed by atoms with E-state index in [1.807, 2.05) is 44.2 Å². The van der Waals surface area contributed by atoms with Crippen LogP contribution in [0.4, 0.5) is 0 Å². The van der Waals surface area contributed by atoms with E-state index in [0.29, 0.717) is 17.3 Å². The Kier molecular flexibility index (Phi) is 4.79. The zero-order valence-electron chi connectivity index (χ0n) is 11.5. The summed E-state index contributed by atoms with van der Waals surface area (Å²) < 4.78 is 7.17. The Bertz CT molecular complexity index is 579. The third-order valence-corrected chi connectivity index (χ3v) is 3.12. The maximum absolute atomic E-state index is 12.2. The molecule has 1 aromatic carbocycles. The van der Waals surface area contributed by atoms with E-state index in [1.54, 1.807) is 4.68 Å². The summed E-state index contributed by atoms with van der Waals surface area (Å²) in [5.41, 5.74) is 0.457. The molecule has 0 aliphatic carbocycles. The van der Waals surface area contributed by atoms with Crippen molar-refractivity contribution in [2.75, 3.05) is 6.61 Å². The zero-order chi connectivity index (χ0) is 14.5. The summed E-state index contributed by atoms with van der Waals surface area (Å²) in [5.74, 6) is 0.695. The number of ether oxygens (including phenoxy) is 1. The van der Waals surface area contributed by atoms with Gasteiger partial charge in [-0.15, -0.1) is 0 Å². The van der Waals surface area contributed by atoms with Crippen LogP contribution < -0.4 is 4.74 Å². The molecule has 0 bridgehead atoms. The lowest BCUT2D eigenvalue weighted by atomic mass is 10.2. The fourth-order valence-corrected chi connectivity index (χ4v) is 2.13. The van der Waals surface area contributed by atoms with E-state index in [1.165, 1.54) is 6.20 Å². The summed E-state index contributed by atoms with van der Waals surface area (Å²) in [6.07, 6.45) is 1.78. The van der Waals surface area contributed by atoms with Gasteiger partial charge in [0.2, 0.25) is 0 Å². The van der Waals surface area contributed by atoms with E-state index >= 15 is 0 Å². The van der Waals surface area contributed by atoms with E-state index in [9.17, 15) is 4.79 Å². The highest BCUT2D eigenvalue weighted by atomic mass is 35.5. The number of hydrogen-bond donors (Lipinski definition) is 0. The molecule has 0 saturated carbocycles. The van der Waals surface area contributed by atoms with E-state index in [-0.39, 0.29) is 18.2 Å². The van der Waals surface area contributed by atoms with Crippen molar-refractivity contribution in [1.29, 1.82) is 0 Å². The molecule has 0 unspecified atom stereocenters. The molecule has 0 N–H and O–H groups in total. The van der Waals surface area contributed by atoms with Gasteiger partial charge in [0, 0.05) is 12.5 Å². The average Bonchev–Trinajstić information content (AvgIpc) is 2.82. The number of halogens is 1. The number of nitrogens with zero attached hydrogens (tertiary/aromatic N) is 2. The van der Waals surface area contributed by atoms with Crippen LogP contribution in [0, 0.1) is 0 Å². The first-order chi connectivity index (χ1) is 9.59. The Hall–Kier alpha value is -1.81. The first-order valence-electron chi connectivity index (χ1n) is 6.53. The number of aromatic nitrogens is 2. The molecule has 2 aromatic rings. The lowest BCUT2D eigenvalue weighted by Gasteiger charge is -2.11. The van der Waals surface area contributed by atoms with E-state index in [4.69, 9.17) is 16.3 Å². The summed E-state index contributed by atoms with van der Waals surface area (Å²) in [5, 5.41) is 4.52. The first-order valence-corrected chi connectivity index (χ1v) is 6.91. The molecule has 20 heavy (non-hydrogen) atoms. The van der Waals surface area contributed by atoms with Crippen LogP contribution in [-0.4, -0.2) is 22.2 Å². The zero-order valence-corrected chi connectivity index (χ0v) is 12.3. The quantitative estimate of drug-likeness (QED) is 0.761. The fraction of sp³-hybridized carbons (Fsp3) is 0.333. The second-order valence-electron chi connectivity index (χ2n) is 4.71. The third kappa shape index (κ3) is 3.39. The van der Waals surface area contributed by atoms with Gasteiger partial charge in [0.05, 0.1) is 17.8 Å². The van der Waals surface area contributed by atoms with Crippen LogP contribution in [0.5, 0.6) is 5.75 Å². The summed E-state index contributed by atoms with van der Waals surface area (Å²) in [6.45, 7) is 4.24. The number of para-hydroxylation sites is 1. The van der Waals surface area contributed by atoms with Crippen LogP contribution in [0.1, 0.15) is 36.8 Å². The second-order valence-corrected chi connectivity index (χ2v) is 5.12. The predicted octanol–water partition coefficient (Wildman–Crippen LogP) is 3.77. The molecule has 0 amide bonds. The van der Waals surface area contributed by atoms with Crippen molar-refractivity contribution >= 4 is 17.4 Å². The number of hydrogen-bond acceptors (Lipinski definition) is 3. The fourth-order valence-electron chi connectivity index (χ4n) is 1.89. The van der Waals surface area contributed by atoms with Crippen LogP contribution in [-0.2, 0) is 0 Å². The highest BCUT2D eigenvalue weighted by Gasteiger charge is 2.18. The van der Waals surface area contributed by atoms with Gasteiger partial charge in [0.15, 0.2) is 5.78 Å². The molecule has 0 aliphatic heterocycles. The smallest absolute Gasteiger partial charge is 0.185 e. The van der Waals surface area contributed by atoms with Gasteiger partial charge >= 0.3 is 0 Å². The lowest BCUT2D eigenvalue weighted by molar-refractivity contribution is 0.0950. The molecule has 0 atom stereocenters. The Morgan fingerprint density at radius 3 is 2.70 bits per heavy atom. The Labute approximate surface area is 123 Å². The predicted molar refractivity (Wildman–Crippen MR) is 78.5 cm³/mol. The second kappa shape index (κ2) is 6.57. The topological polar surface area (TPSA) is 44.1 Å². The number of carbonyl (C=O) groups excluding carboxylic acids is 1. The van der Waals surface area contributed by atoms with Crippen LogP contribution in [0.15, 0.2) is 36.5 Å². The Morgan fingerprint density at radius 1 is 1.35 bits per heavy atom. The highest BCUT2D eigenvalue weighted by Crippen LogP contribution is 2.20. The molecule has 0 aliphatic rings. The van der Waals surface area contributed by atoms with Crippen molar-refractivity contribution in [1.82, 2.24) is 9.78 Å². The normalized spacial score (nSPS) is 10.8. The van der Waals surface area contributed by atoms with Crippen LogP contribution in [0.25, 0.3) is 0 Å². The molecule has 1 aromatic heterocycles. The summed E-state index contributed by atoms with van der Waals surface area (Å²) in [6, 6.07) is 9.51. The van der Waals surface area contributed by atoms with Crippen molar-refractivity contribution in [2.45, 2.75) is 26.3 Å². The molecule has 0 spiro atoms. The summed E-state index contributed by atoms with van der Waals surface area (Å²) in [7, 11) is 0. The van der Waals surface area contributed by atoms with Crippen LogP contribution in [0.2, 0.25) is 5.02 Å². The van der Waals surface area contributed by atoms with Gasteiger partial charge in [0.1, 0.15) is 11.4 Å². The number of ketones is 1. The molecule has 0 saturated heterocycles. The molecular weight excluding hydrogens is 276 g/mol. The van der Waals surface area contributed by atoms with Gasteiger partial charge in [-0.25, -0.2) is 0 Å². The maximum atomic E-state index is 12.2. The molecule has 2 rings (SSSR count). The number of rotatable bonds is 6. The van der Waals surface area contributed by atoms with Gasteiger partial charge in [-0.1, -0.05) is 29.8 Å². The average molecular weight is 293 g/mol. The largest absolute Gasteiger partial charge is 0.493 e. The van der Waals surface area contributed by atoms with E-state index in [2.05, 4.69) is 5.10 Å². The van der Waals surface area contributed by atoms with E-state index < -0.39 is 0 Å². The van der Waals surface area contributed by atoms with Crippen molar-refractivity contribution in [3.05, 3.63) is 47.2 Å². The van der Waals surface area contributed by atoms with Crippen LogP contribution >= 0.6 is 11.6 Å². The third-order valence-electron chi connectivity index (χ3n) is 2.85. The minimum Gasteiger partial charge on any atom is -0.493 e. The van der Waals surface area contributed by atoms with Crippen molar-refractivity contribution < 1.29 is 9.53 Å². The number of carbonyl (C=O) groups is 1. The standard InChI is InChI=1S/C15H17ClN2O2/c1-11(2)18-15(13(16)10-17-18)14(19)8-9-20-12-6-4-3-5-7-12/h3-7,10-11H,8-9H2,1-2H3. The summed E-state index contributed by atoms with van der Waals surface area (Å²) >= 11 is 6.03. The molecule has 106 valence electrons. The SMILES string of the molecule is CC(C)n1ncc(Cl)c1C(=O)CCOc1ccccc1. The Morgan fingerprint density at radius 2 is 2.05 bits per heavy atom. The molecule has 4 nitrogen and oxygen atoms in total. The van der Waals surface area contributed by atoms with Gasteiger partial charge in [-0.05, 0) is 26.0 Å². The molecule has 0 fully saturated rings. The van der Waals surface area contributed by atoms with Crippen LogP contribution in [0.3, 0.4) is 0 Å². The molecular formula is C15H17ClN2O2. The van der Waals surface area contributed by atoms with Gasteiger partial charge < -0.3 is 4.74 Å². The Balaban J connectivity index is 1.97. The molecule has 0 radical (unpaired) electrons. The first kappa shape index (κ1) is 14.6. The minimum atomic E-state index is -0.0582. The molecule has 5 heteroatoms. The monoisotopic (exact) mass is 292 g/mol. The number of benzene rings is 1.